The Balaban J connectivity index is 2.10. The molecule has 0 fully saturated rings. The lowest BCUT2D eigenvalue weighted by Gasteiger charge is -2.35. The summed E-state index contributed by atoms with van der Waals surface area (Å²) in [6, 6.07) is 5.35. The molecule has 0 aromatic heterocycles. The molecule has 2 aromatic carbocycles. The lowest BCUT2D eigenvalue weighted by atomic mass is 9.91. The zero-order chi connectivity index (χ0) is 18.3. The van der Waals surface area contributed by atoms with Gasteiger partial charge < -0.3 is 39.7 Å². The molecule has 0 bridgehead atoms. The Morgan fingerprint density at radius 1 is 0.920 bits per heavy atom. The summed E-state index contributed by atoms with van der Waals surface area (Å²) in [5.41, 5.74) is 0.436. The van der Waals surface area contributed by atoms with Crippen LogP contribution in [0.5, 0.6) is 34.5 Å². The maximum atomic E-state index is 10.5. The summed E-state index contributed by atoms with van der Waals surface area (Å²) in [6.07, 6.45) is -3.84. The van der Waals surface area contributed by atoms with Crippen LogP contribution in [0, 0.1) is 0 Å². The van der Waals surface area contributed by atoms with E-state index in [-0.39, 0.29) is 22.6 Å². The highest BCUT2D eigenvalue weighted by atomic mass is 16.5. The van der Waals surface area contributed by atoms with Gasteiger partial charge in [-0.15, -0.1) is 0 Å². The predicted octanol–water partition coefficient (Wildman–Crippen LogP) is 1.35. The van der Waals surface area contributed by atoms with Gasteiger partial charge in [0.2, 0.25) is 0 Å². The molecule has 134 valence electrons. The topological polar surface area (TPSA) is 129 Å². The van der Waals surface area contributed by atoms with Gasteiger partial charge in [-0.1, -0.05) is 0 Å². The van der Waals surface area contributed by atoms with Crippen molar-refractivity contribution in [3.63, 3.8) is 0 Å². The number of hydrogen-bond acceptors (Lipinski definition) is 8. The van der Waals surface area contributed by atoms with E-state index in [4.69, 9.17) is 14.2 Å². The Morgan fingerprint density at radius 3 is 2.12 bits per heavy atom. The highest BCUT2D eigenvalue weighted by Gasteiger charge is 2.40. The molecule has 0 aliphatic carbocycles. The number of rotatable bonds is 3. The van der Waals surface area contributed by atoms with Gasteiger partial charge in [0.25, 0.3) is 0 Å². The normalized spacial score (nSPS) is 22.0. The van der Waals surface area contributed by atoms with Crippen molar-refractivity contribution >= 4 is 0 Å². The zero-order valence-electron chi connectivity index (χ0n) is 13.5. The molecule has 0 spiro atoms. The minimum Gasteiger partial charge on any atom is -0.504 e. The molecule has 5 N–H and O–H groups in total. The molecule has 0 amide bonds. The summed E-state index contributed by atoms with van der Waals surface area (Å²) in [4.78, 5) is 0. The number of fused-ring (bicyclic) bond motifs is 1. The minimum atomic E-state index is -1.40. The van der Waals surface area contributed by atoms with E-state index in [9.17, 15) is 25.5 Å². The molecule has 3 unspecified atom stereocenters. The molecule has 8 nitrogen and oxygen atoms in total. The summed E-state index contributed by atoms with van der Waals surface area (Å²) in [5, 5.41) is 49.8. The molecule has 1 aliphatic heterocycles. The smallest absolute Gasteiger partial charge is 0.200 e. The molecular weight excluding hydrogens is 332 g/mol. The van der Waals surface area contributed by atoms with Gasteiger partial charge in [-0.25, -0.2) is 0 Å². The van der Waals surface area contributed by atoms with E-state index < -0.39 is 35.6 Å². The van der Waals surface area contributed by atoms with E-state index in [0.29, 0.717) is 5.75 Å². The van der Waals surface area contributed by atoms with E-state index in [2.05, 4.69) is 0 Å². The monoisotopic (exact) mass is 350 g/mol. The van der Waals surface area contributed by atoms with Gasteiger partial charge in [0.05, 0.1) is 19.8 Å². The van der Waals surface area contributed by atoms with Crippen LogP contribution >= 0.6 is 0 Å². The number of methoxy groups -OCH3 is 2. The molecule has 1 heterocycles. The minimum absolute atomic E-state index is 0.173. The van der Waals surface area contributed by atoms with E-state index in [0.717, 1.165) is 12.1 Å². The molecule has 3 rings (SSSR count). The molecule has 0 saturated heterocycles. The summed E-state index contributed by atoms with van der Waals surface area (Å²) in [7, 11) is 2.87. The molecule has 3 atom stereocenters. The van der Waals surface area contributed by atoms with Crippen LogP contribution in [0.2, 0.25) is 0 Å². The van der Waals surface area contributed by atoms with Crippen LogP contribution < -0.4 is 14.2 Å². The first kappa shape index (κ1) is 17.0. The molecular formula is C17H18O8. The van der Waals surface area contributed by atoms with Crippen molar-refractivity contribution in [1.29, 1.82) is 0 Å². The average Bonchev–Trinajstić information content (AvgIpc) is 2.61. The Labute approximate surface area is 143 Å². The van der Waals surface area contributed by atoms with Crippen molar-refractivity contribution in [1.82, 2.24) is 0 Å². The van der Waals surface area contributed by atoms with Crippen LogP contribution in [0.15, 0.2) is 24.3 Å². The van der Waals surface area contributed by atoms with Crippen molar-refractivity contribution in [2.24, 2.45) is 0 Å². The second-order valence-corrected chi connectivity index (χ2v) is 5.62. The third-order valence-electron chi connectivity index (χ3n) is 4.14. The molecule has 25 heavy (non-hydrogen) atoms. The first-order valence-electron chi connectivity index (χ1n) is 7.41. The highest BCUT2D eigenvalue weighted by Crippen LogP contribution is 2.48. The number of aromatic hydroxyl groups is 3. The fourth-order valence-corrected chi connectivity index (χ4v) is 2.85. The Kier molecular flexibility index (Phi) is 4.23. The quantitative estimate of drug-likeness (QED) is 0.525. The van der Waals surface area contributed by atoms with Crippen LogP contribution in [0.25, 0.3) is 0 Å². The Hall–Kier alpha value is -2.84. The summed E-state index contributed by atoms with van der Waals surface area (Å²) < 4.78 is 16.1. The van der Waals surface area contributed by atoms with E-state index in [1.807, 2.05) is 0 Å². The second kappa shape index (κ2) is 6.23. The van der Waals surface area contributed by atoms with Crippen molar-refractivity contribution in [2.75, 3.05) is 14.2 Å². The van der Waals surface area contributed by atoms with Crippen molar-refractivity contribution in [2.45, 2.75) is 18.3 Å². The number of phenols is 3. The first-order chi connectivity index (χ1) is 11.9. The third-order valence-corrected chi connectivity index (χ3v) is 4.14. The SMILES string of the molecule is COc1cc(OC)c2c(c1)OC(c1cc(O)c(O)c(O)c1)C(O)C2O. The lowest BCUT2D eigenvalue weighted by molar-refractivity contribution is -0.0711. The average molecular weight is 350 g/mol. The van der Waals surface area contributed by atoms with Crippen LogP contribution in [0.3, 0.4) is 0 Å². The molecule has 1 aliphatic rings. The van der Waals surface area contributed by atoms with Gasteiger partial charge in [-0.3, -0.25) is 0 Å². The van der Waals surface area contributed by atoms with Crippen molar-refractivity contribution in [3.05, 3.63) is 35.4 Å². The first-order valence-corrected chi connectivity index (χ1v) is 7.41. The van der Waals surface area contributed by atoms with Gasteiger partial charge >= 0.3 is 0 Å². The van der Waals surface area contributed by atoms with Crippen molar-refractivity contribution < 1.29 is 39.7 Å². The maximum Gasteiger partial charge on any atom is 0.200 e. The van der Waals surface area contributed by atoms with Gasteiger partial charge in [-0.05, 0) is 12.1 Å². The van der Waals surface area contributed by atoms with Crippen LogP contribution in [-0.4, -0.2) is 45.9 Å². The number of ether oxygens (including phenoxy) is 3. The Morgan fingerprint density at radius 2 is 1.56 bits per heavy atom. The largest absolute Gasteiger partial charge is 0.504 e. The van der Waals surface area contributed by atoms with Gasteiger partial charge in [-0.2, -0.15) is 0 Å². The molecule has 8 heteroatoms. The van der Waals surface area contributed by atoms with Crippen LogP contribution in [0.1, 0.15) is 23.3 Å². The number of hydrogen-bond donors (Lipinski definition) is 5. The Bertz CT molecular complexity index is 780. The number of aliphatic hydroxyl groups excluding tert-OH is 2. The fourth-order valence-electron chi connectivity index (χ4n) is 2.85. The number of phenolic OH excluding ortho intramolecular Hbond substituents is 3. The number of benzene rings is 2. The second-order valence-electron chi connectivity index (χ2n) is 5.62. The summed E-state index contributed by atoms with van der Waals surface area (Å²) in [6.45, 7) is 0. The zero-order valence-corrected chi connectivity index (χ0v) is 13.5. The summed E-state index contributed by atoms with van der Waals surface area (Å²) >= 11 is 0. The highest BCUT2D eigenvalue weighted by molar-refractivity contribution is 5.55. The van der Waals surface area contributed by atoms with Gasteiger partial charge in [0.15, 0.2) is 23.4 Å². The summed E-state index contributed by atoms with van der Waals surface area (Å²) in [5.74, 6) is -0.891. The molecule has 0 saturated carbocycles. The van der Waals surface area contributed by atoms with E-state index in [1.165, 1.54) is 20.3 Å². The van der Waals surface area contributed by atoms with Crippen molar-refractivity contribution in [3.8, 4) is 34.5 Å². The molecule has 0 radical (unpaired) electrons. The molecule has 2 aromatic rings. The lowest BCUT2D eigenvalue weighted by Crippen LogP contribution is -2.34. The van der Waals surface area contributed by atoms with E-state index >= 15 is 0 Å². The number of aliphatic hydroxyl groups is 2. The fraction of sp³-hybridized carbons (Fsp3) is 0.294. The van der Waals surface area contributed by atoms with Gasteiger partial charge in [0, 0.05) is 17.7 Å². The third kappa shape index (κ3) is 2.75. The van der Waals surface area contributed by atoms with Gasteiger partial charge in [0.1, 0.15) is 29.5 Å². The van der Waals surface area contributed by atoms with E-state index in [1.54, 1.807) is 6.07 Å². The van der Waals surface area contributed by atoms with Crippen LogP contribution in [0.4, 0.5) is 0 Å². The standard InChI is InChI=1S/C17H18O8/c1-23-8-5-11(24-2)13-12(6-8)25-17(16(22)15(13)21)7-3-9(18)14(20)10(19)4-7/h3-6,15-22H,1-2H3. The van der Waals surface area contributed by atoms with Crippen LogP contribution in [-0.2, 0) is 0 Å². The predicted molar refractivity (Wildman–Crippen MR) is 85.3 cm³/mol. The maximum absolute atomic E-state index is 10.5.